The number of hydrogen-bond donors (Lipinski definition) is 1. The minimum Gasteiger partial charge on any atom is -0.496 e. The standard InChI is InChI=1S/C14H14BrNO2/c1-9-5-6-16-8-12(9)14(17)11-4-3-10(15)7-13(11)18-2/h3-8,14,17H,1-2H3. The molecule has 1 heterocycles. The molecule has 3 nitrogen and oxygen atoms in total. The summed E-state index contributed by atoms with van der Waals surface area (Å²) in [5.74, 6) is 0.653. The molecule has 1 atom stereocenters. The number of methoxy groups -OCH3 is 1. The van der Waals surface area contributed by atoms with Crippen LogP contribution in [0, 0.1) is 6.92 Å². The van der Waals surface area contributed by atoms with Crippen LogP contribution in [0.25, 0.3) is 0 Å². The summed E-state index contributed by atoms with van der Waals surface area (Å²) < 4.78 is 6.21. The lowest BCUT2D eigenvalue weighted by Gasteiger charge is -2.16. The summed E-state index contributed by atoms with van der Waals surface area (Å²) >= 11 is 3.38. The molecule has 1 aromatic carbocycles. The molecule has 2 rings (SSSR count). The second-order valence-corrected chi connectivity index (χ2v) is 4.94. The van der Waals surface area contributed by atoms with Crippen molar-refractivity contribution in [1.82, 2.24) is 4.98 Å². The molecule has 94 valence electrons. The van der Waals surface area contributed by atoms with E-state index in [9.17, 15) is 5.11 Å². The van der Waals surface area contributed by atoms with E-state index in [-0.39, 0.29) is 0 Å². The average molecular weight is 308 g/mol. The summed E-state index contributed by atoms with van der Waals surface area (Å²) in [6.07, 6.45) is 2.66. The van der Waals surface area contributed by atoms with E-state index in [1.54, 1.807) is 19.5 Å². The molecule has 1 aromatic heterocycles. The zero-order chi connectivity index (χ0) is 13.1. The van der Waals surface area contributed by atoms with E-state index in [1.807, 2.05) is 31.2 Å². The van der Waals surface area contributed by atoms with Gasteiger partial charge in [0.05, 0.1) is 7.11 Å². The normalized spacial score (nSPS) is 12.2. The second-order valence-electron chi connectivity index (χ2n) is 4.02. The highest BCUT2D eigenvalue weighted by atomic mass is 79.9. The number of aromatic nitrogens is 1. The number of aliphatic hydroxyl groups is 1. The van der Waals surface area contributed by atoms with Crippen LogP contribution < -0.4 is 4.74 Å². The van der Waals surface area contributed by atoms with E-state index in [4.69, 9.17) is 4.74 Å². The molecule has 2 aromatic rings. The van der Waals surface area contributed by atoms with Crippen LogP contribution in [0.5, 0.6) is 5.75 Å². The van der Waals surface area contributed by atoms with Crippen molar-refractivity contribution in [2.45, 2.75) is 13.0 Å². The van der Waals surface area contributed by atoms with Crippen LogP contribution in [0.15, 0.2) is 41.1 Å². The van der Waals surface area contributed by atoms with Crippen LogP contribution in [0.1, 0.15) is 22.8 Å². The zero-order valence-corrected chi connectivity index (χ0v) is 11.8. The van der Waals surface area contributed by atoms with Gasteiger partial charge in [-0.15, -0.1) is 0 Å². The van der Waals surface area contributed by atoms with Crippen LogP contribution in [-0.2, 0) is 0 Å². The van der Waals surface area contributed by atoms with Crippen LogP contribution in [0.3, 0.4) is 0 Å². The maximum Gasteiger partial charge on any atom is 0.126 e. The number of ether oxygens (including phenoxy) is 1. The van der Waals surface area contributed by atoms with Crippen molar-refractivity contribution >= 4 is 15.9 Å². The lowest BCUT2D eigenvalue weighted by atomic mass is 9.99. The second kappa shape index (κ2) is 5.50. The number of hydrogen-bond acceptors (Lipinski definition) is 3. The predicted octanol–water partition coefficient (Wildman–Crippen LogP) is 3.24. The van der Waals surface area contributed by atoms with Gasteiger partial charge in [0, 0.05) is 28.0 Å². The molecule has 18 heavy (non-hydrogen) atoms. The number of halogens is 1. The van der Waals surface area contributed by atoms with Crippen molar-refractivity contribution in [2.24, 2.45) is 0 Å². The highest BCUT2D eigenvalue weighted by Gasteiger charge is 2.17. The van der Waals surface area contributed by atoms with Crippen molar-refractivity contribution in [3.05, 3.63) is 57.8 Å². The minimum atomic E-state index is -0.734. The molecule has 0 saturated carbocycles. The van der Waals surface area contributed by atoms with E-state index in [2.05, 4.69) is 20.9 Å². The molecule has 0 aliphatic carbocycles. The Kier molecular flexibility index (Phi) is 3.99. The Morgan fingerprint density at radius 3 is 2.72 bits per heavy atom. The number of pyridine rings is 1. The first-order valence-corrected chi connectivity index (χ1v) is 6.35. The monoisotopic (exact) mass is 307 g/mol. The van der Waals surface area contributed by atoms with Crippen LogP contribution in [0.2, 0.25) is 0 Å². The summed E-state index contributed by atoms with van der Waals surface area (Å²) in [7, 11) is 1.59. The molecule has 0 radical (unpaired) electrons. The van der Waals surface area contributed by atoms with E-state index in [0.717, 1.165) is 21.2 Å². The Labute approximate surface area is 115 Å². The molecule has 1 unspecified atom stereocenters. The highest BCUT2D eigenvalue weighted by molar-refractivity contribution is 9.10. The molecule has 0 bridgehead atoms. The lowest BCUT2D eigenvalue weighted by Crippen LogP contribution is -2.04. The lowest BCUT2D eigenvalue weighted by molar-refractivity contribution is 0.213. The molecule has 1 N–H and O–H groups in total. The van der Waals surface area contributed by atoms with Gasteiger partial charge < -0.3 is 9.84 Å². The fraction of sp³-hybridized carbons (Fsp3) is 0.214. The van der Waals surface area contributed by atoms with Crippen molar-refractivity contribution in [1.29, 1.82) is 0 Å². The van der Waals surface area contributed by atoms with Gasteiger partial charge in [0.1, 0.15) is 11.9 Å². The van der Waals surface area contributed by atoms with Crippen molar-refractivity contribution in [3.63, 3.8) is 0 Å². The molecule has 0 aliphatic heterocycles. The van der Waals surface area contributed by atoms with Gasteiger partial charge in [-0.2, -0.15) is 0 Å². The van der Waals surface area contributed by atoms with E-state index >= 15 is 0 Å². The Hall–Kier alpha value is -1.39. The quantitative estimate of drug-likeness (QED) is 0.946. The Morgan fingerprint density at radius 1 is 1.28 bits per heavy atom. The van der Waals surface area contributed by atoms with Gasteiger partial charge in [0.15, 0.2) is 0 Å². The predicted molar refractivity (Wildman–Crippen MR) is 73.7 cm³/mol. The zero-order valence-electron chi connectivity index (χ0n) is 10.2. The molecular formula is C14H14BrNO2. The topological polar surface area (TPSA) is 42.4 Å². The summed E-state index contributed by atoms with van der Waals surface area (Å²) in [5, 5.41) is 10.4. The fourth-order valence-electron chi connectivity index (χ4n) is 1.84. The van der Waals surface area contributed by atoms with Gasteiger partial charge in [0.25, 0.3) is 0 Å². The molecule has 0 aliphatic rings. The van der Waals surface area contributed by atoms with Gasteiger partial charge in [-0.25, -0.2) is 0 Å². The first kappa shape index (κ1) is 13.1. The summed E-state index contributed by atoms with van der Waals surface area (Å²) in [6, 6.07) is 7.45. The fourth-order valence-corrected chi connectivity index (χ4v) is 2.18. The minimum absolute atomic E-state index is 0.653. The summed E-state index contributed by atoms with van der Waals surface area (Å²) in [6.45, 7) is 1.95. The number of aliphatic hydroxyl groups excluding tert-OH is 1. The van der Waals surface area contributed by atoms with Crippen LogP contribution in [-0.4, -0.2) is 17.2 Å². The first-order chi connectivity index (χ1) is 8.63. The third kappa shape index (κ3) is 2.54. The smallest absolute Gasteiger partial charge is 0.126 e. The van der Waals surface area contributed by atoms with Crippen LogP contribution >= 0.6 is 15.9 Å². The number of nitrogens with zero attached hydrogens (tertiary/aromatic N) is 1. The maximum atomic E-state index is 10.4. The Bertz CT molecular complexity index is 557. The van der Waals surface area contributed by atoms with Gasteiger partial charge in [-0.05, 0) is 30.7 Å². The summed E-state index contributed by atoms with van der Waals surface area (Å²) in [5.41, 5.74) is 2.53. The van der Waals surface area contributed by atoms with Crippen molar-refractivity contribution < 1.29 is 9.84 Å². The van der Waals surface area contributed by atoms with E-state index in [1.165, 1.54) is 0 Å². The Balaban J connectivity index is 2.46. The largest absolute Gasteiger partial charge is 0.496 e. The van der Waals surface area contributed by atoms with Gasteiger partial charge in [-0.1, -0.05) is 22.0 Å². The third-order valence-electron chi connectivity index (χ3n) is 2.86. The maximum absolute atomic E-state index is 10.4. The molecular weight excluding hydrogens is 294 g/mol. The third-order valence-corrected chi connectivity index (χ3v) is 3.36. The number of aryl methyl sites for hydroxylation is 1. The first-order valence-electron chi connectivity index (χ1n) is 5.55. The molecule has 0 saturated heterocycles. The highest BCUT2D eigenvalue weighted by Crippen LogP contribution is 2.32. The molecule has 0 spiro atoms. The van der Waals surface area contributed by atoms with Crippen molar-refractivity contribution in [3.8, 4) is 5.75 Å². The Morgan fingerprint density at radius 2 is 2.06 bits per heavy atom. The van der Waals surface area contributed by atoms with Gasteiger partial charge >= 0.3 is 0 Å². The van der Waals surface area contributed by atoms with Crippen molar-refractivity contribution in [2.75, 3.05) is 7.11 Å². The van der Waals surface area contributed by atoms with Gasteiger partial charge in [-0.3, -0.25) is 4.98 Å². The number of benzene rings is 1. The van der Waals surface area contributed by atoms with Crippen LogP contribution in [0.4, 0.5) is 0 Å². The molecule has 0 fully saturated rings. The van der Waals surface area contributed by atoms with Gasteiger partial charge in [0.2, 0.25) is 0 Å². The SMILES string of the molecule is COc1cc(Br)ccc1C(O)c1cnccc1C. The molecule has 0 amide bonds. The van der Waals surface area contributed by atoms with E-state index in [0.29, 0.717) is 5.75 Å². The summed E-state index contributed by atoms with van der Waals surface area (Å²) in [4.78, 5) is 4.06. The number of rotatable bonds is 3. The average Bonchev–Trinajstić information content (AvgIpc) is 2.38. The van der Waals surface area contributed by atoms with E-state index < -0.39 is 6.10 Å². The molecule has 4 heteroatoms.